The molecular weight excluding hydrogens is 260 g/mol. The van der Waals surface area contributed by atoms with Gasteiger partial charge in [0, 0.05) is 29.7 Å². The fourth-order valence-corrected chi connectivity index (χ4v) is 1.94. The standard InChI is InChI=1S/C17H14N4/c1-2-6-14(7-3-1)17(15-9-12-18-13-10-15)21-20-16-8-4-5-11-19-16/h1-13H,(H,19,20)/b21-17-. The lowest BCUT2D eigenvalue weighted by atomic mass is 10.0. The van der Waals surface area contributed by atoms with Gasteiger partial charge >= 0.3 is 0 Å². The highest BCUT2D eigenvalue weighted by atomic mass is 15.3. The molecule has 2 aromatic heterocycles. The molecule has 4 nitrogen and oxygen atoms in total. The van der Waals surface area contributed by atoms with Gasteiger partial charge in [-0.25, -0.2) is 4.98 Å². The zero-order valence-electron chi connectivity index (χ0n) is 11.3. The van der Waals surface area contributed by atoms with Crippen LogP contribution in [0.15, 0.2) is 84.4 Å². The van der Waals surface area contributed by atoms with Crippen molar-refractivity contribution in [1.82, 2.24) is 9.97 Å². The Bertz CT molecular complexity index is 668. The van der Waals surface area contributed by atoms with E-state index in [1.54, 1.807) is 18.6 Å². The van der Waals surface area contributed by atoms with E-state index in [4.69, 9.17) is 0 Å². The Labute approximate surface area is 123 Å². The van der Waals surface area contributed by atoms with Gasteiger partial charge < -0.3 is 0 Å². The second-order valence-electron chi connectivity index (χ2n) is 4.39. The van der Waals surface area contributed by atoms with E-state index in [-0.39, 0.29) is 0 Å². The summed E-state index contributed by atoms with van der Waals surface area (Å²) in [6, 6.07) is 19.6. The molecule has 1 aromatic carbocycles. The van der Waals surface area contributed by atoms with Crippen LogP contribution in [0.1, 0.15) is 11.1 Å². The van der Waals surface area contributed by atoms with Crippen molar-refractivity contribution in [2.24, 2.45) is 5.10 Å². The van der Waals surface area contributed by atoms with Crippen molar-refractivity contribution in [3.05, 3.63) is 90.4 Å². The van der Waals surface area contributed by atoms with Crippen molar-refractivity contribution < 1.29 is 0 Å². The molecule has 0 bridgehead atoms. The van der Waals surface area contributed by atoms with Gasteiger partial charge in [-0.1, -0.05) is 36.4 Å². The molecule has 0 aliphatic rings. The fourth-order valence-electron chi connectivity index (χ4n) is 1.94. The maximum Gasteiger partial charge on any atom is 0.146 e. The molecule has 0 saturated heterocycles. The molecule has 0 fully saturated rings. The van der Waals surface area contributed by atoms with Gasteiger partial charge in [0.2, 0.25) is 0 Å². The Hall–Kier alpha value is -3.01. The van der Waals surface area contributed by atoms with E-state index in [0.717, 1.165) is 16.8 Å². The Kier molecular flexibility index (Phi) is 3.98. The van der Waals surface area contributed by atoms with E-state index >= 15 is 0 Å². The lowest BCUT2D eigenvalue weighted by Crippen LogP contribution is -2.07. The topological polar surface area (TPSA) is 50.2 Å². The van der Waals surface area contributed by atoms with E-state index in [2.05, 4.69) is 20.5 Å². The van der Waals surface area contributed by atoms with E-state index in [1.165, 1.54) is 0 Å². The second kappa shape index (κ2) is 6.43. The molecule has 0 spiro atoms. The summed E-state index contributed by atoms with van der Waals surface area (Å²) >= 11 is 0. The second-order valence-corrected chi connectivity index (χ2v) is 4.39. The summed E-state index contributed by atoms with van der Waals surface area (Å²) in [5, 5.41) is 4.51. The van der Waals surface area contributed by atoms with Crippen LogP contribution < -0.4 is 5.43 Å². The molecule has 3 rings (SSSR count). The molecular formula is C17H14N4. The smallest absolute Gasteiger partial charge is 0.146 e. The molecule has 102 valence electrons. The van der Waals surface area contributed by atoms with E-state index < -0.39 is 0 Å². The Morgan fingerprint density at radius 2 is 1.48 bits per heavy atom. The predicted molar refractivity (Wildman–Crippen MR) is 84.2 cm³/mol. The van der Waals surface area contributed by atoms with Gasteiger partial charge in [-0.2, -0.15) is 5.10 Å². The number of nitrogens with zero attached hydrogens (tertiary/aromatic N) is 3. The molecule has 0 amide bonds. The number of nitrogens with one attached hydrogen (secondary N) is 1. The third-order valence-electron chi connectivity index (χ3n) is 2.95. The molecule has 0 aliphatic heterocycles. The van der Waals surface area contributed by atoms with E-state index in [1.807, 2.05) is 60.7 Å². The number of benzene rings is 1. The third kappa shape index (κ3) is 3.30. The number of aromatic nitrogens is 2. The Morgan fingerprint density at radius 3 is 2.19 bits per heavy atom. The lowest BCUT2D eigenvalue weighted by molar-refractivity contribution is 1.22. The third-order valence-corrected chi connectivity index (χ3v) is 2.95. The van der Waals surface area contributed by atoms with Crippen LogP contribution in [0, 0.1) is 0 Å². The first-order chi connectivity index (χ1) is 10.4. The SMILES string of the molecule is c1ccc(/C(=N/Nc2ccccn2)c2ccncc2)cc1. The molecule has 3 aromatic rings. The molecule has 0 saturated carbocycles. The minimum Gasteiger partial charge on any atom is -0.265 e. The average molecular weight is 274 g/mol. The van der Waals surface area contributed by atoms with Crippen LogP contribution in [0.25, 0.3) is 0 Å². The molecule has 0 atom stereocenters. The number of hydrazone groups is 1. The van der Waals surface area contributed by atoms with Crippen molar-refractivity contribution in [3.63, 3.8) is 0 Å². The quantitative estimate of drug-likeness (QED) is 0.586. The summed E-state index contributed by atoms with van der Waals surface area (Å²) in [7, 11) is 0. The van der Waals surface area contributed by atoms with Crippen molar-refractivity contribution in [3.8, 4) is 0 Å². The van der Waals surface area contributed by atoms with Gasteiger partial charge in [-0.15, -0.1) is 0 Å². The first-order valence-corrected chi connectivity index (χ1v) is 6.64. The predicted octanol–water partition coefficient (Wildman–Crippen LogP) is 3.34. The Balaban J connectivity index is 1.97. The van der Waals surface area contributed by atoms with E-state index in [0.29, 0.717) is 5.82 Å². The van der Waals surface area contributed by atoms with Crippen LogP contribution in [0.4, 0.5) is 5.82 Å². The maximum absolute atomic E-state index is 4.51. The number of anilines is 1. The van der Waals surface area contributed by atoms with Crippen LogP contribution in [0.5, 0.6) is 0 Å². The highest BCUT2D eigenvalue weighted by Crippen LogP contribution is 2.11. The number of hydrogen-bond donors (Lipinski definition) is 1. The van der Waals surface area contributed by atoms with Crippen molar-refractivity contribution in [2.75, 3.05) is 5.43 Å². The van der Waals surface area contributed by atoms with Gasteiger partial charge in [-0.3, -0.25) is 10.4 Å². The summed E-state index contributed by atoms with van der Waals surface area (Å²) in [6.45, 7) is 0. The van der Waals surface area contributed by atoms with Crippen LogP contribution >= 0.6 is 0 Å². The largest absolute Gasteiger partial charge is 0.265 e. The van der Waals surface area contributed by atoms with Crippen LogP contribution in [-0.4, -0.2) is 15.7 Å². The summed E-state index contributed by atoms with van der Waals surface area (Å²) in [5.74, 6) is 0.708. The molecule has 1 N–H and O–H groups in total. The van der Waals surface area contributed by atoms with E-state index in [9.17, 15) is 0 Å². The van der Waals surface area contributed by atoms with Gasteiger partial charge in [0.1, 0.15) is 5.82 Å². The van der Waals surface area contributed by atoms with Crippen LogP contribution in [0.2, 0.25) is 0 Å². The minimum atomic E-state index is 0.708. The van der Waals surface area contributed by atoms with Crippen LogP contribution in [0.3, 0.4) is 0 Å². The molecule has 21 heavy (non-hydrogen) atoms. The number of pyridine rings is 2. The normalized spacial score (nSPS) is 11.1. The van der Waals surface area contributed by atoms with Gasteiger partial charge in [0.15, 0.2) is 0 Å². The summed E-state index contributed by atoms with van der Waals surface area (Å²) in [5.41, 5.74) is 5.88. The summed E-state index contributed by atoms with van der Waals surface area (Å²) in [6.07, 6.45) is 5.25. The van der Waals surface area contributed by atoms with Crippen molar-refractivity contribution in [2.45, 2.75) is 0 Å². The fraction of sp³-hybridized carbons (Fsp3) is 0. The molecule has 2 heterocycles. The molecule has 0 radical (unpaired) electrons. The summed E-state index contributed by atoms with van der Waals surface area (Å²) in [4.78, 5) is 8.26. The first kappa shape index (κ1) is 13.0. The van der Waals surface area contributed by atoms with Gasteiger partial charge in [0.25, 0.3) is 0 Å². The van der Waals surface area contributed by atoms with Gasteiger partial charge in [0.05, 0.1) is 5.71 Å². The van der Waals surface area contributed by atoms with Crippen LogP contribution in [-0.2, 0) is 0 Å². The molecule has 0 unspecified atom stereocenters. The first-order valence-electron chi connectivity index (χ1n) is 6.64. The summed E-state index contributed by atoms with van der Waals surface area (Å²) < 4.78 is 0. The van der Waals surface area contributed by atoms with Crippen molar-refractivity contribution >= 4 is 11.5 Å². The zero-order chi connectivity index (χ0) is 14.3. The number of rotatable bonds is 4. The minimum absolute atomic E-state index is 0.708. The molecule has 4 heteroatoms. The monoisotopic (exact) mass is 274 g/mol. The average Bonchev–Trinajstić information content (AvgIpc) is 2.58. The highest BCUT2D eigenvalue weighted by Gasteiger charge is 2.06. The zero-order valence-corrected chi connectivity index (χ0v) is 11.3. The lowest BCUT2D eigenvalue weighted by Gasteiger charge is -2.07. The maximum atomic E-state index is 4.51. The molecule has 0 aliphatic carbocycles. The number of hydrogen-bond acceptors (Lipinski definition) is 4. The highest BCUT2D eigenvalue weighted by molar-refractivity contribution is 6.13. The van der Waals surface area contributed by atoms with Gasteiger partial charge in [-0.05, 0) is 24.3 Å². The van der Waals surface area contributed by atoms with Crippen molar-refractivity contribution in [1.29, 1.82) is 0 Å². The Morgan fingerprint density at radius 1 is 0.762 bits per heavy atom.